The maximum absolute atomic E-state index is 9.96. The van der Waals surface area contributed by atoms with Crippen molar-refractivity contribution in [2.24, 2.45) is 0 Å². The van der Waals surface area contributed by atoms with Crippen LogP contribution >= 0.6 is 0 Å². The number of phenolic OH excluding ortho intramolecular Hbond substituents is 2. The van der Waals surface area contributed by atoms with Crippen molar-refractivity contribution in [2.45, 2.75) is 6.42 Å². The predicted octanol–water partition coefficient (Wildman–Crippen LogP) is 1.04. The molecule has 0 bridgehead atoms. The van der Waals surface area contributed by atoms with Gasteiger partial charge in [0, 0.05) is 12.5 Å². The first-order chi connectivity index (χ1) is 6.69. The summed E-state index contributed by atoms with van der Waals surface area (Å²) < 4.78 is 4.82. The summed E-state index contributed by atoms with van der Waals surface area (Å²) in [4.78, 5) is 9.96. The number of phenols is 2. The van der Waals surface area contributed by atoms with Crippen molar-refractivity contribution in [3.63, 3.8) is 0 Å². The zero-order chi connectivity index (χ0) is 10.6. The Morgan fingerprint density at radius 2 is 2.21 bits per heavy atom. The largest absolute Gasteiger partial charge is 0.504 e. The molecule has 1 aromatic carbocycles. The number of benzene rings is 1. The van der Waals surface area contributed by atoms with Gasteiger partial charge in [-0.2, -0.15) is 0 Å². The average molecular weight is 194 g/mol. The molecule has 14 heavy (non-hydrogen) atoms. The van der Waals surface area contributed by atoms with Gasteiger partial charge in [-0.25, -0.2) is 4.79 Å². The Bertz CT molecular complexity index is 378. The summed E-state index contributed by atoms with van der Waals surface area (Å²) >= 11 is 0. The van der Waals surface area contributed by atoms with Crippen LogP contribution in [0.5, 0.6) is 17.2 Å². The van der Waals surface area contributed by atoms with E-state index in [1.54, 1.807) is 12.0 Å². The molecule has 1 aromatic rings. The van der Waals surface area contributed by atoms with Crippen LogP contribution in [0.3, 0.4) is 0 Å². The summed E-state index contributed by atoms with van der Waals surface area (Å²) in [7, 11) is 1.38. The van der Waals surface area contributed by atoms with Crippen LogP contribution in [-0.2, 0) is 11.2 Å². The summed E-state index contributed by atoms with van der Waals surface area (Å²) in [5.41, 5.74) is 0.667. The smallest absolute Gasteiger partial charge is 0.200 e. The van der Waals surface area contributed by atoms with Gasteiger partial charge in [-0.15, -0.1) is 0 Å². The molecular weight excluding hydrogens is 184 g/mol. The standard InChI is InChI=1S/C10H10O4/c1-14-9-6-7(3-2-4-11)5-8(12)10(9)13/h2,5-6,12-13H,3H2,1H3. The lowest BCUT2D eigenvalue weighted by Crippen LogP contribution is -1.88. The van der Waals surface area contributed by atoms with E-state index in [1.807, 2.05) is 0 Å². The van der Waals surface area contributed by atoms with E-state index in [0.29, 0.717) is 12.0 Å². The van der Waals surface area contributed by atoms with Gasteiger partial charge >= 0.3 is 0 Å². The Labute approximate surface area is 81.1 Å². The average Bonchev–Trinajstić information content (AvgIpc) is 2.19. The highest BCUT2D eigenvalue weighted by molar-refractivity contribution is 5.53. The maximum Gasteiger partial charge on any atom is 0.200 e. The van der Waals surface area contributed by atoms with Gasteiger partial charge in [0.25, 0.3) is 0 Å². The predicted molar refractivity (Wildman–Crippen MR) is 50.3 cm³/mol. The van der Waals surface area contributed by atoms with Gasteiger partial charge in [-0.3, -0.25) is 0 Å². The SMILES string of the molecule is COc1cc(CC=C=O)cc(O)c1O. The van der Waals surface area contributed by atoms with E-state index in [-0.39, 0.29) is 17.2 Å². The van der Waals surface area contributed by atoms with Crippen LogP contribution in [0, 0.1) is 0 Å². The zero-order valence-corrected chi connectivity index (χ0v) is 7.65. The van der Waals surface area contributed by atoms with E-state index < -0.39 is 0 Å². The van der Waals surface area contributed by atoms with Crippen LogP contribution < -0.4 is 4.74 Å². The zero-order valence-electron chi connectivity index (χ0n) is 7.65. The molecule has 0 radical (unpaired) electrons. The lowest BCUT2D eigenvalue weighted by atomic mass is 10.1. The Kier molecular flexibility index (Phi) is 3.15. The molecule has 0 fully saturated rings. The maximum atomic E-state index is 9.96. The van der Waals surface area contributed by atoms with Gasteiger partial charge in [0.1, 0.15) is 5.94 Å². The third-order valence-electron chi connectivity index (χ3n) is 1.76. The van der Waals surface area contributed by atoms with Gasteiger partial charge in [0.05, 0.1) is 7.11 Å². The molecule has 0 aliphatic carbocycles. The normalized spacial score (nSPS) is 9.21. The van der Waals surface area contributed by atoms with Crippen LogP contribution in [-0.4, -0.2) is 23.3 Å². The summed E-state index contributed by atoms with van der Waals surface area (Å²) in [5, 5.41) is 18.6. The lowest BCUT2D eigenvalue weighted by molar-refractivity contribution is 0.350. The molecule has 0 amide bonds. The van der Waals surface area contributed by atoms with E-state index in [0.717, 1.165) is 0 Å². The molecule has 4 nitrogen and oxygen atoms in total. The molecule has 0 saturated carbocycles. The number of aromatic hydroxyl groups is 2. The Morgan fingerprint density at radius 1 is 1.50 bits per heavy atom. The molecule has 74 valence electrons. The molecule has 0 unspecified atom stereocenters. The van der Waals surface area contributed by atoms with Crippen LogP contribution in [0.15, 0.2) is 18.2 Å². The number of rotatable bonds is 3. The first-order valence-electron chi connectivity index (χ1n) is 3.97. The van der Waals surface area contributed by atoms with Gasteiger partial charge in [0.2, 0.25) is 5.75 Å². The Morgan fingerprint density at radius 3 is 2.79 bits per heavy atom. The number of carbonyl (C=O) groups excluding carboxylic acids is 1. The fourth-order valence-electron chi connectivity index (χ4n) is 1.08. The molecule has 0 saturated heterocycles. The Hall–Kier alpha value is -1.93. The van der Waals surface area contributed by atoms with Crippen molar-refractivity contribution >= 4 is 5.94 Å². The van der Waals surface area contributed by atoms with Crippen LogP contribution in [0.25, 0.3) is 0 Å². The van der Waals surface area contributed by atoms with Gasteiger partial charge < -0.3 is 14.9 Å². The van der Waals surface area contributed by atoms with Crippen molar-refractivity contribution in [2.75, 3.05) is 7.11 Å². The summed E-state index contributed by atoms with van der Waals surface area (Å²) in [6.07, 6.45) is 1.62. The van der Waals surface area contributed by atoms with Crippen molar-refractivity contribution in [3.05, 3.63) is 23.8 Å². The first kappa shape index (κ1) is 10.2. The second-order valence-electron chi connectivity index (χ2n) is 2.69. The minimum atomic E-state index is -0.300. The fraction of sp³-hybridized carbons (Fsp3) is 0.200. The third kappa shape index (κ3) is 2.06. The molecule has 0 atom stereocenters. The van der Waals surface area contributed by atoms with E-state index in [4.69, 9.17) is 4.74 Å². The van der Waals surface area contributed by atoms with Gasteiger partial charge in [-0.1, -0.05) is 0 Å². The monoisotopic (exact) mass is 194 g/mol. The number of methoxy groups -OCH3 is 1. The molecule has 0 spiro atoms. The van der Waals surface area contributed by atoms with E-state index in [2.05, 4.69) is 0 Å². The number of hydrogen-bond acceptors (Lipinski definition) is 4. The fourth-order valence-corrected chi connectivity index (χ4v) is 1.08. The summed E-state index contributed by atoms with van der Waals surface area (Å²) in [5.74, 6) is 1.24. The van der Waals surface area contributed by atoms with Crippen LogP contribution in [0.1, 0.15) is 5.56 Å². The molecule has 0 aliphatic rings. The second-order valence-corrected chi connectivity index (χ2v) is 2.69. The Balaban J connectivity index is 3.09. The molecule has 0 aromatic heterocycles. The molecule has 0 aliphatic heterocycles. The second kappa shape index (κ2) is 4.35. The van der Waals surface area contributed by atoms with Crippen LogP contribution in [0.4, 0.5) is 0 Å². The van der Waals surface area contributed by atoms with E-state index in [9.17, 15) is 15.0 Å². The van der Waals surface area contributed by atoms with Crippen molar-refractivity contribution in [1.82, 2.24) is 0 Å². The molecule has 0 heterocycles. The topological polar surface area (TPSA) is 66.8 Å². The van der Waals surface area contributed by atoms with Gasteiger partial charge in [-0.05, 0) is 17.7 Å². The highest BCUT2D eigenvalue weighted by atomic mass is 16.5. The lowest BCUT2D eigenvalue weighted by Gasteiger charge is -2.06. The minimum absolute atomic E-state index is 0.180. The minimum Gasteiger partial charge on any atom is -0.504 e. The van der Waals surface area contributed by atoms with Crippen molar-refractivity contribution < 1.29 is 19.7 Å². The third-order valence-corrected chi connectivity index (χ3v) is 1.76. The summed E-state index contributed by atoms with van der Waals surface area (Å²) in [6, 6.07) is 2.91. The molecule has 4 heteroatoms. The molecule has 2 N–H and O–H groups in total. The van der Waals surface area contributed by atoms with Crippen molar-refractivity contribution in [3.8, 4) is 17.2 Å². The van der Waals surface area contributed by atoms with Crippen LogP contribution in [0.2, 0.25) is 0 Å². The quantitative estimate of drug-likeness (QED) is 0.557. The highest BCUT2D eigenvalue weighted by Crippen LogP contribution is 2.36. The van der Waals surface area contributed by atoms with E-state index >= 15 is 0 Å². The molecular formula is C10H10O4. The summed E-state index contributed by atoms with van der Waals surface area (Å²) in [6.45, 7) is 0. The van der Waals surface area contributed by atoms with E-state index in [1.165, 1.54) is 19.3 Å². The number of hydrogen-bond donors (Lipinski definition) is 2. The highest BCUT2D eigenvalue weighted by Gasteiger charge is 2.08. The number of ether oxygens (including phenoxy) is 1. The molecule has 1 rings (SSSR count). The van der Waals surface area contributed by atoms with Crippen molar-refractivity contribution in [1.29, 1.82) is 0 Å². The first-order valence-corrected chi connectivity index (χ1v) is 3.97. The van der Waals surface area contributed by atoms with Gasteiger partial charge in [0.15, 0.2) is 11.5 Å². The number of allylic oxidation sites excluding steroid dienone is 1.